The maximum Gasteiger partial charge on any atom is 0.265 e. The van der Waals surface area contributed by atoms with Crippen LogP contribution in [0.15, 0.2) is 70.2 Å². The summed E-state index contributed by atoms with van der Waals surface area (Å²) in [7, 11) is -3.89. The van der Waals surface area contributed by atoms with Crippen LogP contribution in [0.1, 0.15) is 22.8 Å². The minimum atomic E-state index is -3.89. The molecule has 0 bridgehead atoms. The number of amides is 1. The van der Waals surface area contributed by atoms with Crippen LogP contribution in [0.5, 0.6) is 5.75 Å². The number of nitrogens with one attached hydrogen (secondary N) is 2. The standard InChI is InChI=1S/C21H20BrN3O4S/c1-3-29-18-11-8-16(22)13-19(18)30(27,28)25-17-9-6-15(7-10-17)21(26)24-20-14(2)5-4-12-23-20/h4-13,25H,3H2,1-2H3,(H,23,24,26). The van der Waals surface area contributed by atoms with Crippen LogP contribution in [0.25, 0.3) is 0 Å². The topological polar surface area (TPSA) is 97.4 Å². The number of benzene rings is 2. The lowest BCUT2D eigenvalue weighted by molar-refractivity contribution is 0.102. The van der Waals surface area contributed by atoms with Gasteiger partial charge in [-0.15, -0.1) is 0 Å². The molecule has 0 spiro atoms. The lowest BCUT2D eigenvalue weighted by Gasteiger charge is -2.13. The van der Waals surface area contributed by atoms with Gasteiger partial charge in [0, 0.05) is 21.9 Å². The number of anilines is 2. The van der Waals surface area contributed by atoms with Crippen LogP contribution in [0.4, 0.5) is 11.5 Å². The zero-order valence-electron chi connectivity index (χ0n) is 16.3. The highest BCUT2D eigenvalue weighted by Gasteiger charge is 2.20. The lowest BCUT2D eigenvalue weighted by atomic mass is 10.2. The molecule has 1 heterocycles. The van der Waals surface area contributed by atoms with Gasteiger partial charge in [-0.25, -0.2) is 13.4 Å². The Kier molecular flexibility index (Phi) is 6.73. The summed E-state index contributed by atoms with van der Waals surface area (Å²) in [5.41, 5.74) is 1.54. The molecule has 0 aliphatic heterocycles. The SMILES string of the molecule is CCOc1ccc(Br)cc1S(=O)(=O)Nc1ccc(C(=O)Nc2ncccc2C)cc1. The third-order valence-electron chi connectivity index (χ3n) is 4.14. The number of ether oxygens (including phenoxy) is 1. The molecule has 3 rings (SSSR count). The maximum atomic E-state index is 12.8. The second-order valence-electron chi connectivity index (χ2n) is 6.33. The summed E-state index contributed by atoms with van der Waals surface area (Å²) in [5.74, 6) is 0.400. The Balaban J connectivity index is 1.78. The van der Waals surface area contributed by atoms with Gasteiger partial charge in [-0.2, -0.15) is 0 Å². The Morgan fingerprint density at radius 2 is 1.87 bits per heavy atom. The molecule has 1 amide bonds. The van der Waals surface area contributed by atoms with Crippen molar-refractivity contribution in [1.82, 2.24) is 4.98 Å². The molecule has 0 atom stereocenters. The molecular weight excluding hydrogens is 470 g/mol. The number of carbonyl (C=O) groups excluding carboxylic acids is 1. The zero-order chi connectivity index (χ0) is 21.7. The average Bonchev–Trinajstić information content (AvgIpc) is 2.71. The Morgan fingerprint density at radius 3 is 2.53 bits per heavy atom. The monoisotopic (exact) mass is 489 g/mol. The highest BCUT2D eigenvalue weighted by molar-refractivity contribution is 9.10. The first-order valence-electron chi connectivity index (χ1n) is 9.08. The number of pyridine rings is 1. The van der Waals surface area contributed by atoms with Gasteiger partial charge in [-0.05, 0) is 67.9 Å². The molecule has 0 fully saturated rings. The van der Waals surface area contributed by atoms with Crippen molar-refractivity contribution in [2.45, 2.75) is 18.7 Å². The first-order valence-corrected chi connectivity index (χ1v) is 11.4. The summed E-state index contributed by atoms with van der Waals surface area (Å²) in [6.45, 7) is 3.96. The summed E-state index contributed by atoms with van der Waals surface area (Å²) in [6, 6.07) is 14.5. The molecule has 2 aromatic carbocycles. The number of carbonyl (C=O) groups is 1. The molecule has 0 saturated carbocycles. The number of aromatic nitrogens is 1. The number of aryl methyl sites for hydroxylation is 1. The third kappa shape index (κ3) is 5.17. The number of sulfonamides is 1. The Hall–Kier alpha value is -2.91. The van der Waals surface area contributed by atoms with E-state index in [4.69, 9.17) is 4.74 Å². The Labute approximate surface area is 183 Å². The number of nitrogens with zero attached hydrogens (tertiary/aromatic N) is 1. The molecule has 1 aromatic heterocycles. The number of rotatable bonds is 7. The largest absolute Gasteiger partial charge is 0.492 e. The fourth-order valence-electron chi connectivity index (χ4n) is 2.66. The fraction of sp³-hybridized carbons (Fsp3) is 0.143. The molecule has 0 unspecified atom stereocenters. The van der Waals surface area contributed by atoms with E-state index in [0.29, 0.717) is 28.1 Å². The van der Waals surface area contributed by atoms with Crippen molar-refractivity contribution in [3.63, 3.8) is 0 Å². The summed E-state index contributed by atoms with van der Waals surface area (Å²) in [5, 5.41) is 2.74. The van der Waals surface area contributed by atoms with E-state index in [-0.39, 0.29) is 16.6 Å². The molecule has 0 radical (unpaired) electrons. The second-order valence-corrected chi connectivity index (χ2v) is 8.90. The van der Waals surface area contributed by atoms with Crippen LogP contribution in [0, 0.1) is 6.92 Å². The average molecular weight is 490 g/mol. The van der Waals surface area contributed by atoms with Crippen LogP contribution in [0.2, 0.25) is 0 Å². The second kappa shape index (κ2) is 9.27. The van der Waals surface area contributed by atoms with Crippen molar-refractivity contribution in [3.8, 4) is 5.75 Å². The third-order valence-corrected chi connectivity index (χ3v) is 6.03. The number of hydrogen-bond acceptors (Lipinski definition) is 5. The smallest absolute Gasteiger partial charge is 0.265 e. The minimum Gasteiger partial charge on any atom is -0.492 e. The predicted octanol–water partition coefficient (Wildman–Crippen LogP) is 4.60. The molecular formula is C21H20BrN3O4S. The van der Waals surface area contributed by atoms with E-state index in [0.717, 1.165) is 5.56 Å². The zero-order valence-corrected chi connectivity index (χ0v) is 18.7. The molecule has 0 aliphatic carbocycles. The van der Waals surface area contributed by atoms with Crippen molar-refractivity contribution in [2.75, 3.05) is 16.6 Å². The molecule has 156 valence electrons. The summed E-state index contributed by atoms with van der Waals surface area (Å²) < 4.78 is 34.3. The van der Waals surface area contributed by atoms with E-state index in [1.54, 1.807) is 31.3 Å². The van der Waals surface area contributed by atoms with Gasteiger partial charge in [-0.1, -0.05) is 22.0 Å². The Morgan fingerprint density at radius 1 is 1.13 bits per heavy atom. The maximum absolute atomic E-state index is 12.8. The summed E-state index contributed by atoms with van der Waals surface area (Å²) in [4.78, 5) is 16.6. The van der Waals surface area contributed by atoms with Gasteiger partial charge in [0.05, 0.1) is 6.61 Å². The van der Waals surface area contributed by atoms with Crippen molar-refractivity contribution in [3.05, 3.63) is 76.4 Å². The van der Waals surface area contributed by atoms with E-state index < -0.39 is 10.0 Å². The molecule has 0 saturated heterocycles. The fourth-order valence-corrected chi connectivity index (χ4v) is 4.41. The summed E-state index contributed by atoms with van der Waals surface area (Å²) >= 11 is 3.29. The molecule has 30 heavy (non-hydrogen) atoms. The van der Waals surface area contributed by atoms with Crippen LogP contribution in [-0.4, -0.2) is 25.9 Å². The predicted molar refractivity (Wildman–Crippen MR) is 119 cm³/mol. The molecule has 0 aliphatic rings. The number of halogens is 1. The van der Waals surface area contributed by atoms with Gasteiger partial charge in [0.2, 0.25) is 0 Å². The van der Waals surface area contributed by atoms with Crippen molar-refractivity contribution < 1.29 is 17.9 Å². The highest BCUT2D eigenvalue weighted by Crippen LogP contribution is 2.29. The lowest BCUT2D eigenvalue weighted by Crippen LogP contribution is -2.16. The minimum absolute atomic E-state index is 0.0196. The van der Waals surface area contributed by atoms with Gasteiger partial charge in [0.25, 0.3) is 15.9 Å². The van der Waals surface area contributed by atoms with Gasteiger partial charge in [-0.3, -0.25) is 9.52 Å². The molecule has 9 heteroatoms. The van der Waals surface area contributed by atoms with Crippen LogP contribution < -0.4 is 14.8 Å². The van der Waals surface area contributed by atoms with Gasteiger partial charge < -0.3 is 10.1 Å². The van der Waals surface area contributed by atoms with Crippen LogP contribution in [-0.2, 0) is 10.0 Å². The van der Waals surface area contributed by atoms with Gasteiger partial charge in [0.1, 0.15) is 16.5 Å². The van der Waals surface area contributed by atoms with E-state index >= 15 is 0 Å². The van der Waals surface area contributed by atoms with E-state index in [9.17, 15) is 13.2 Å². The van der Waals surface area contributed by atoms with E-state index in [2.05, 4.69) is 31.0 Å². The quantitative estimate of drug-likeness (QED) is 0.505. The van der Waals surface area contributed by atoms with Crippen molar-refractivity contribution >= 4 is 43.4 Å². The van der Waals surface area contributed by atoms with E-state index in [1.165, 1.54) is 30.3 Å². The van der Waals surface area contributed by atoms with Crippen molar-refractivity contribution in [1.29, 1.82) is 0 Å². The number of hydrogen-bond donors (Lipinski definition) is 2. The van der Waals surface area contributed by atoms with E-state index in [1.807, 2.05) is 13.0 Å². The molecule has 7 nitrogen and oxygen atoms in total. The van der Waals surface area contributed by atoms with Crippen LogP contribution >= 0.6 is 15.9 Å². The van der Waals surface area contributed by atoms with Gasteiger partial charge in [0.15, 0.2) is 0 Å². The molecule has 2 N–H and O–H groups in total. The summed E-state index contributed by atoms with van der Waals surface area (Å²) in [6.07, 6.45) is 1.60. The first kappa shape index (κ1) is 21.8. The van der Waals surface area contributed by atoms with Crippen molar-refractivity contribution in [2.24, 2.45) is 0 Å². The normalized spacial score (nSPS) is 11.0. The first-order chi connectivity index (χ1) is 14.3. The van der Waals surface area contributed by atoms with Gasteiger partial charge >= 0.3 is 0 Å². The molecule has 3 aromatic rings. The Bertz CT molecular complexity index is 1170. The van der Waals surface area contributed by atoms with Crippen LogP contribution in [0.3, 0.4) is 0 Å². The highest BCUT2D eigenvalue weighted by atomic mass is 79.9.